The average molecular weight is 326 g/mol. The van der Waals surface area contributed by atoms with Crippen LogP contribution in [0.15, 0.2) is 35.7 Å². The van der Waals surface area contributed by atoms with Gasteiger partial charge in [-0.05, 0) is 23.6 Å². The largest absolute Gasteiger partial charge is 0.323 e. The van der Waals surface area contributed by atoms with E-state index in [4.69, 9.17) is 0 Å². The molecule has 1 aliphatic heterocycles. The number of amides is 2. The van der Waals surface area contributed by atoms with E-state index in [9.17, 15) is 13.6 Å². The quantitative estimate of drug-likeness (QED) is 0.892. The van der Waals surface area contributed by atoms with E-state index in [0.29, 0.717) is 6.54 Å². The molecule has 7 heteroatoms. The lowest BCUT2D eigenvalue weighted by Crippen LogP contribution is -2.34. The summed E-state index contributed by atoms with van der Waals surface area (Å²) in [6.45, 7) is 0.628. The molecule has 1 N–H and O–H groups in total. The zero-order valence-corrected chi connectivity index (χ0v) is 12.5. The summed E-state index contributed by atoms with van der Waals surface area (Å²) in [5.74, 6) is -1.05. The standard InChI is InChI=1S/C14H12F2N2OS2/c15-10-4-3-9(8-11(10)16)17-14(19)18-5-7-21-13(18)12-2-1-6-20-12/h1-4,6,8,13H,5,7H2,(H,17,19). The number of carbonyl (C=O) groups is 1. The summed E-state index contributed by atoms with van der Waals surface area (Å²) in [5.41, 5.74) is 0.251. The molecule has 3 rings (SSSR count). The topological polar surface area (TPSA) is 32.3 Å². The van der Waals surface area contributed by atoms with E-state index in [1.807, 2.05) is 17.5 Å². The molecule has 0 aliphatic carbocycles. The van der Waals surface area contributed by atoms with E-state index in [-0.39, 0.29) is 17.1 Å². The molecule has 2 heterocycles. The predicted octanol–water partition coefficient (Wildman–Crippen LogP) is 4.31. The molecule has 110 valence electrons. The lowest BCUT2D eigenvalue weighted by Gasteiger charge is -2.23. The Bertz CT molecular complexity index is 648. The molecule has 1 aliphatic rings. The van der Waals surface area contributed by atoms with E-state index < -0.39 is 11.6 Å². The first-order chi connectivity index (χ1) is 10.1. The molecule has 0 spiro atoms. The number of hydrogen-bond acceptors (Lipinski definition) is 3. The number of thiophene rings is 1. The molecule has 1 aromatic carbocycles. The summed E-state index contributed by atoms with van der Waals surface area (Å²) in [6, 6.07) is 6.97. The van der Waals surface area contributed by atoms with Crippen LogP contribution in [0.1, 0.15) is 10.3 Å². The minimum Gasteiger partial charge on any atom is -0.308 e. The van der Waals surface area contributed by atoms with Crippen LogP contribution in [0.4, 0.5) is 19.3 Å². The zero-order valence-electron chi connectivity index (χ0n) is 10.9. The molecule has 2 aromatic rings. The number of rotatable bonds is 2. The Balaban J connectivity index is 1.73. The molecule has 1 aromatic heterocycles. The number of nitrogens with one attached hydrogen (secondary N) is 1. The van der Waals surface area contributed by atoms with Crippen LogP contribution < -0.4 is 5.32 Å². The van der Waals surface area contributed by atoms with Crippen molar-refractivity contribution in [1.82, 2.24) is 4.90 Å². The van der Waals surface area contributed by atoms with Crippen LogP contribution in [-0.4, -0.2) is 23.2 Å². The van der Waals surface area contributed by atoms with Crippen molar-refractivity contribution in [3.63, 3.8) is 0 Å². The van der Waals surface area contributed by atoms with Gasteiger partial charge in [-0.3, -0.25) is 0 Å². The summed E-state index contributed by atoms with van der Waals surface area (Å²) >= 11 is 3.29. The van der Waals surface area contributed by atoms with Gasteiger partial charge in [-0.25, -0.2) is 13.6 Å². The maximum atomic E-state index is 13.2. The maximum absolute atomic E-state index is 13.2. The van der Waals surface area contributed by atoms with Crippen molar-refractivity contribution >= 4 is 34.8 Å². The summed E-state index contributed by atoms with van der Waals surface area (Å²) < 4.78 is 26.0. The van der Waals surface area contributed by atoms with Crippen molar-refractivity contribution < 1.29 is 13.6 Å². The van der Waals surface area contributed by atoms with Crippen LogP contribution in [0.3, 0.4) is 0 Å². The Morgan fingerprint density at radius 3 is 2.86 bits per heavy atom. The van der Waals surface area contributed by atoms with Crippen molar-refractivity contribution in [1.29, 1.82) is 0 Å². The summed E-state index contributed by atoms with van der Waals surface area (Å²) in [5, 5.41) is 4.57. The summed E-state index contributed by atoms with van der Waals surface area (Å²) in [6.07, 6.45) is 0. The number of carbonyl (C=O) groups excluding carboxylic acids is 1. The van der Waals surface area contributed by atoms with Gasteiger partial charge in [0.15, 0.2) is 11.6 Å². The number of anilines is 1. The molecule has 1 fully saturated rings. The van der Waals surface area contributed by atoms with Gasteiger partial charge in [-0.2, -0.15) is 0 Å². The van der Waals surface area contributed by atoms with Crippen LogP contribution in [-0.2, 0) is 0 Å². The number of benzene rings is 1. The van der Waals surface area contributed by atoms with Gasteiger partial charge >= 0.3 is 6.03 Å². The molecule has 0 radical (unpaired) electrons. The van der Waals surface area contributed by atoms with Gasteiger partial charge in [0.1, 0.15) is 5.37 Å². The predicted molar refractivity (Wildman–Crippen MR) is 81.6 cm³/mol. The lowest BCUT2D eigenvalue weighted by molar-refractivity contribution is 0.215. The number of nitrogens with zero attached hydrogens (tertiary/aromatic N) is 1. The Hall–Kier alpha value is -1.60. The molecule has 1 unspecified atom stereocenters. The van der Waals surface area contributed by atoms with Gasteiger partial charge in [0, 0.05) is 28.9 Å². The second-order valence-electron chi connectivity index (χ2n) is 4.49. The highest BCUT2D eigenvalue weighted by Crippen LogP contribution is 2.40. The van der Waals surface area contributed by atoms with Crippen molar-refractivity contribution in [2.45, 2.75) is 5.37 Å². The smallest absolute Gasteiger partial charge is 0.308 e. The van der Waals surface area contributed by atoms with Crippen molar-refractivity contribution in [2.75, 3.05) is 17.6 Å². The Morgan fingerprint density at radius 1 is 1.29 bits per heavy atom. The number of halogens is 2. The molecular formula is C14H12F2N2OS2. The lowest BCUT2D eigenvalue weighted by atomic mass is 10.3. The van der Waals surface area contributed by atoms with Crippen LogP contribution >= 0.6 is 23.1 Å². The molecule has 1 atom stereocenters. The first-order valence-corrected chi connectivity index (χ1v) is 8.25. The van der Waals surface area contributed by atoms with E-state index in [0.717, 1.165) is 22.8 Å². The van der Waals surface area contributed by atoms with Crippen molar-refractivity contribution in [3.8, 4) is 0 Å². The SMILES string of the molecule is O=C(Nc1ccc(F)c(F)c1)N1CCSC1c1cccs1. The fraction of sp³-hybridized carbons (Fsp3) is 0.214. The van der Waals surface area contributed by atoms with Crippen LogP contribution in [0.5, 0.6) is 0 Å². The second-order valence-corrected chi connectivity index (χ2v) is 6.66. The second kappa shape index (κ2) is 6.03. The van der Waals surface area contributed by atoms with Crippen LogP contribution in [0, 0.1) is 11.6 Å². The molecule has 1 saturated heterocycles. The molecule has 2 amide bonds. The van der Waals surface area contributed by atoms with Gasteiger partial charge < -0.3 is 10.2 Å². The Labute approximate surface area is 129 Å². The fourth-order valence-electron chi connectivity index (χ4n) is 2.11. The fourth-order valence-corrected chi connectivity index (χ4v) is 4.35. The van der Waals surface area contributed by atoms with Gasteiger partial charge in [-0.15, -0.1) is 23.1 Å². The first-order valence-electron chi connectivity index (χ1n) is 6.33. The third-order valence-corrected chi connectivity index (χ3v) is 5.43. The van der Waals surface area contributed by atoms with Crippen molar-refractivity contribution in [3.05, 3.63) is 52.2 Å². The molecule has 21 heavy (non-hydrogen) atoms. The molecular weight excluding hydrogens is 314 g/mol. The zero-order chi connectivity index (χ0) is 14.8. The normalized spacial score (nSPS) is 18.0. The third kappa shape index (κ3) is 3.03. The highest BCUT2D eigenvalue weighted by Gasteiger charge is 2.31. The molecule has 3 nitrogen and oxygen atoms in total. The molecule has 0 saturated carbocycles. The van der Waals surface area contributed by atoms with Gasteiger partial charge in [0.05, 0.1) is 0 Å². The van der Waals surface area contributed by atoms with E-state index in [2.05, 4.69) is 5.32 Å². The van der Waals surface area contributed by atoms with Crippen molar-refractivity contribution in [2.24, 2.45) is 0 Å². The van der Waals surface area contributed by atoms with E-state index >= 15 is 0 Å². The number of hydrogen-bond donors (Lipinski definition) is 1. The number of urea groups is 1. The Kier molecular flexibility index (Phi) is 4.12. The first kappa shape index (κ1) is 14.3. The number of thioether (sulfide) groups is 1. The average Bonchev–Trinajstić information content (AvgIpc) is 3.12. The monoisotopic (exact) mass is 326 g/mol. The summed E-state index contributed by atoms with van der Waals surface area (Å²) in [4.78, 5) is 15.1. The van der Waals surface area contributed by atoms with Crippen LogP contribution in [0.25, 0.3) is 0 Å². The van der Waals surface area contributed by atoms with Crippen LogP contribution in [0.2, 0.25) is 0 Å². The van der Waals surface area contributed by atoms with E-state index in [1.54, 1.807) is 28.0 Å². The summed E-state index contributed by atoms with van der Waals surface area (Å²) in [7, 11) is 0. The van der Waals surface area contributed by atoms with Gasteiger partial charge in [0.25, 0.3) is 0 Å². The van der Waals surface area contributed by atoms with E-state index in [1.165, 1.54) is 6.07 Å². The third-order valence-electron chi connectivity index (χ3n) is 3.11. The molecule has 0 bridgehead atoms. The maximum Gasteiger partial charge on any atom is 0.323 e. The highest BCUT2D eigenvalue weighted by atomic mass is 32.2. The van der Waals surface area contributed by atoms with Gasteiger partial charge in [-0.1, -0.05) is 6.07 Å². The minimum atomic E-state index is -0.974. The highest BCUT2D eigenvalue weighted by molar-refractivity contribution is 7.99. The Morgan fingerprint density at radius 2 is 2.14 bits per heavy atom. The minimum absolute atomic E-state index is 0.0182. The van der Waals surface area contributed by atoms with Gasteiger partial charge in [0.2, 0.25) is 0 Å².